The van der Waals surface area contributed by atoms with E-state index < -0.39 is 18.1 Å². The molecule has 0 saturated heterocycles. The molecule has 252 valence electrons. The fourth-order valence-corrected chi connectivity index (χ4v) is 4.16. The Hall–Kier alpha value is -3.80. The van der Waals surface area contributed by atoms with E-state index in [1.807, 2.05) is 6.92 Å². The summed E-state index contributed by atoms with van der Waals surface area (Å²) in [5.41, 5.74) is 7.70. The maximum atomic E-state index is 12.9. The lowest BCUT2D eigenvalue weighted by Crippen LogP contribution is -2.26. The molecule has 0 aliphatic carbocycles. The molecule has 1 atom stereocenters. The predicted octanol–water partition coefficient (Wildman–Crippen LogP) is 7.46. The number of unbranched alkanes of at least 4 members (excludes halogenated alkanes) is 6. The summed E-state index contributed by atoms with van der Waals surface area (Å²) >= 11 is 0. The maximum Gasteiger partial charge on any atom is 0.490 e. The number of carbonyl (C=O) groups is 3. The third kappa shape index (κ3) is 15.7. The number of nitrogens with two attached hydrogens (primary N) is 1. The van der Waals surface area contributed by atoms with Crippen LogP contribution in [0, 0.1) is 0 Å². The predicted molar refractivity (Wildman–Crippen MR) is 167 cm³/mol. The Labute approximate surface area is 263 Å². The fraction of sp³-hybridized carbons (Fsp3) is 0.545. The summed E-state index contributed by atoms with van der Waals surface area (Å²) in [7, 11) is 0. The number of aromatic carboxylic acids is 1. The lowest BCUT2D eigenvalue weighted by molar-refractivity contribution is -0.192. The molecule has 2 aromatic carbocycles. The first kappa shape index (κ1) is 39.2. The number of alkyl halides is 3. The highest BCUT2D eigenvalue weighted by Gasteiger charge is 2.38. The molecule has 0 radical (unpaired) electrons. The first-order valence-corrected chi connectivity index (χ1v) is 15.4. The van der Waals surface area contributed by atoms with E-state index in [0.717, 1.165) is 64.2 Å². The monoisotopic (exact) mass is 640 g/mol. The number of hydrogen-bond acceptors (Lipinski definition) is 6. The number of ether oxygens (including phenoxy) is 2. The number of rotatable bonds is 19. The molecule has 2 aromatic rings. The molecular formula is C33H47F3N2O7. The van der Waals surface area contributed by atoms with E-state index in [-0.39, 0.29) is 17.5 Å². The Morgan fingerprint density at radius 3 is 1.69 bits per heavy atom. The summed E-state index contributed by atoms with van der Waals surface area (Å²) in [5.74, 6) is -2.79. The highest BCUT2D eigenvalue weighted by molar-refractivity contribution is 5.97. The van der Waals surface area contributed by atoms with Gasteiger partial charge in [0.05, 0.1) is 18.8 Å². The minimum atomic E-state index is -5.08. The molecule has 1 unspecified atom stereocenters. The molecule has 12 heteroatoms. The molecule has 0 bridgehead atoms. The molecule has 45 heavy (non-hydrogen) atoms. The Balaban J connectivity index is 0.00000129. The van der Waals surface area contributed by atoms with Crippen molar-refractivity contribution in [1.29, 1.82) is 0 Å². The lowest BCUT2D eigenvalue weighted by atomic mass is 9.98. The number of halogens is 3. The summed E-state index contributed by atoms with van der Waals surface area (Å²) in [6.07, 6.45) is 5.10. The van der Waals surface area contributed by atoms with Crippen molar-refractivity contribution in [3.05, 3.63) is 47.5 Å². The van der Waals surface area contributed by atoms with Gasteiger partial charge >= 0.3 is 18.1 Å². The van der Waals surface area contributed by atoms with E-state index in [0.29, 0.717) is 47.9 Å². The second-order valence-electron chi connectivity index (χ2n) is 10.7. The zero-order chi connectivity index (χ0) is 33.8. The Kier molecular flexibility index (Phi) is 18.3. The first-order valence-electron chi connectivity index (χ1n) is 15.4. The van der Waals surface area contributed by atoms with Crippen molar-refractivity contribution in [2.45, 2.75) is 97.2 Å². The smallest absolute Gasteiger partial charge is 0.490 e. The average molecular weight is 641 g/mol. The zero-order valence-electron chi connectivity index (χ0n) is 26.4. The van der Waals surface area contributed by atoms with Crippen LogP contribution in [0.15, 0.2) is 36.4 Å². The van der Waals surface area contributed by atoms with Crippen LogP contribution in [0.3, 0.4) is 0 Å². The number of carboxylic acid groups (broad SMARTS) is 2. The molecule has 0 aromatic heterocycles. The van der Waals surface area contributed by atoms with Gasteiger partial charge in [-0.2, -0.15) is 13.2 Å². The van der Waals surface area contributed by atoms with Crippen LogP contribution in [-0.2, 0) is 4.79 Å². The molecule has 0 saturated carbocycles. The quantitative estimate of drug-likeness (QED) is 0.116. The number of benzene rings is 2. The molecule has 0 aliphatic heterocycles. The minimum Gasteiger partial charge on any atom is -0.493 e. The summed E-state index contributed by atoms with van der Waals surface area (Å²) in [6.45, 7) is 7.89. The van der Waals surface area contributed by atoms with Crippen molar-refractivity contribution in [1.82, 2.24) is 5.32 Å². The molecular weight excluding hydrogens is 593 g/mol. The van der Waals surface area contributed by atoms with Gasteiger partial charge in [-0.1, -0.05) is 52.4 Å². The van der Waals surface area contributed by atoms with E-state index in [4.69, 9.17) is 25.1 Å². The maximum absolute atomic E-state index is 12.9. The van der Waals surface area contributed by atoms with Crippen molar-refractivity contribution < 1.29 is 47.2 Å². The number of carboxylic acids is 2. The zero-order valence-corrected chi connectivity index (χ0v) is 26.4. The number of carbonyl (C=O) groups excluding carboxylic acids is 1. The van der Waals surface area contributed by atoms with Gasteiger partial charge in [-0.15, -0.1) is 0 Å². The Morgan fingerprint density at radius 1 is 0.800 bits per heavy atom. The van der Waals surface area contributed by atoms with Gasteiger partial charge in [0.25, 0.3) is 5.91 Å². The summed E-state index contributed by atoms with van der Waals surface area (Å²) in [5, 5.41) is 19.8. The summed E-state index contributed by atoms with van der Waals surface area (Å²) in [6, 6.07) is 10.3. The van der Waals surface area contributed by atoms with Crippen LogP contribution >= 0.6 is 0 Å². The number of hydrogen-bond donors (Lipinski definition) is 4. The average Bonchev–Trinajstić information content (AvgIpc) is 2.98. The molecule has 1 amide bonds. The largest absolute Gasteiger partial charge is 0.493 e. The van der Waals surface area contributed by atoms with E-state index in [1.54, 1.807) is 36.4 Å². The van der Waals surface area contributed by atoms with Gasteiger partial charge in [-0.3, -0.25) is 4.79 Å². The summed E-state index contributed by atoms with van der Waals surface area (Å²) in [4.78, 5) is 33.6. The van der Waals surface area contributed by atoms with Gasteiger partial charge in [0.2, 0.25) is 0 Å². The lowest BCUT2D eigenvalue weighted by Gasteiger charge is -2.17. The third-order valence-electron chi connectivity index (χ3n) is 6.63. The standard InChI is InChI=1S/C31H46N2O5.C2HF3O2/c1-4-6-8-10-19-37-28-16-14-24(30(34)33-18-12-13-23(3)32)21-26(28)27-22-25(31(35)36)15-17-29(27)38-20-11-9-7-5-2;3-2(4,5)1(6)7/h14-17,21-23H,4-13,18-20,32H2,1-3H3,(H,33,34)(H,35,36);(H,6,7). The molecule has 0 aliphatic rings. The third-order valence-corrected chi connectivity index (χ3v) is 6.63. The Morgan fingerprint density at radius 2 is 1.27 bits per heavy atom. The first-order chi connectivity index (χ1) is 21.3. The fourth-order valence-electron chi connectivity index (χ4n) is 4.16. The van der Waals surface area contributed by atoms with Gasteiger partial charge in [0, 0.05) is 29.3 Å². The van der Waals surface area contributed by atoms with Gasteiger partial charge in [0.1, 0.15) is 11.5 Å². The van der Waals surface area contributed by atoms with E-state index in [1.165, 1.54) is 0 Å². The van der Waals surface area contributed by atoms with Crippen molar-refractivity contribution in [3.63, 3.8) is 0 Å². The second-order valence-corrected chi connectivity index (χ2v) is 10.7. The molecule has 0 heterocycles. The van der Waals surface area contributed by atoms with Crippen LogP contribution < -0.4 is 20.5 Å². The topological polar surface area (TPSA) is 148 Å². The van der Waals surface area contributed by atoms with Crippen molar-refractivity contribution in [2.24, 2.45) is 5.73 Å². The molecule has 9 nitrogen and oxygen atoms in total. The van der Waals surface area contributed by atoms with Crippen LogP contribution in [0.4, 0.5) is 13.2 Å². The normalized spacial score (nSPS) is 11.6. The van der Waals surface area contributed by atoms with Crippen LogP contribution in [-0.4, -0.2) is 60.0 Å². The number of amides is 1. The van der Waals surface area contributed by atoms with Crippen molar-refractivity contribution >= 4 is 17.8 Å². The molecule has 0 fully saturated rings. The second kappa shape index (κ2) is 21.0. The van der Waals surface area contributed by atoms with Crippen LogP contribution in [0.25, 0.3) is 11.1 Å². The van der Waals surface area contributed by atoms with Crippen LogP contribution in [0.1, 0.15) is 106 Å². The highest BCUT2D eigenvalue weighted by atomic mass is 19.4. The Bertz CT molecular complexity index is 1200. The van der Waals surface area contributed by atoms with Crippen LogP contribution in [0.2, 0.25) is 0 Å². The van der Waals surface area contributed by atoms with Crippen molar-refractivity contribution in [2.75, 3.05) is 19.8 Å². The van der Waals surface area contributed by atoms with E-state index in [9.17, 15) is 27.9 Å². The van der Waals surface area contributed by atoms with Gasteiger partial charge < -0.3 is 30.7 Å². The van der Waals surface area contributed by atoms with E-state index >= 15 is 0 Å². The van der Waals surface area contributed by atoms with Crippen molar-refractivity contribution in [3.8, 4) is 22.6 Å². The van der Waals surface area contributed by atoms with Gasteiger partial charge in [0.15, 0.2) is 0 Å². The number of nitrogens with one attached hydrogen (secondary N) is 1. The molecule has 5 N–H and O–H groups in total. The SMILES string of the molecule is CCCCCCOc1ccc(C(=O)O)cc1-c1cc(C(=O)NCCCC(C)N)ccc1OCCCCCC.O=C(O)C(F)(F)F. The number of aliphatic carboxylic acids is 1. The minimum absolute atomic E-state index is 0.0918. The van der Waals surface area contributed by atoms with E-state index in [2.05, 4.69) is 19.2 Å². The van der Waals surface area contributed by atoms with Gasteiger partial charge in [-0.25, -0.2) is 9.59 Å². The summed E-state index contributed by atoms with van der Waals surface area (Å²) < 4.78 is 44.0. The van der Waals surface area contributed by atoms with Gasteiger partial charge in [-0.05, 0) is 69.0 Å². The molecule has 2 rings (SSSR count). The van der Waals surface area contributed by atoms with Crippen LogP contribution in [0.5, 0.6) is 11.5 Å². The highest BCUT2D eigenvalue weighted by Crippen LogP contribution is 2.38. The molecule has 0 spiro atoms.